The molecule has 0 N–H and O–H groups in total. The average molecular weight is 1370 g/mol. The van der Waals surface area contributed by atoms with E-state index < -0.39 is 0 Å². The smallest absolute Gasteiger partial charge is 0.399 e. The Morgan fingerprint density at radius 1 is 0.333 bits per heavy atom. The summed E-state index contributed by atoms with van der Waals surface area (Å²) in [5.74, 6) is 1.42. The van der Waals surface area contributed by atoms with Crippen LogP contribution in [0.4, 0.5) is 0 Å². The molecule has 464 valence electrons. The van der Waals surface area contributed by atoms with E-state index >= 15 is 0 Å². The van der Waals surface area contributed by atoms with Crippen LogP contribution in [0.2, 0.25) is 36.7 Å². The van der Waals surface area contributed by atoms with E-state index in [-0.39, 0.29) is 68.3 Å². The first-order valence-electron chi connectivity index (χ1n) is 28.8. The van der Waals surface area contributed by atoms with E-state index in [2.05, 4.69) is 165 Å². The van der Waals surface area contributed by atoms with Crippen molar-refractivity contribution >= 4 is 149 Å². The van der Waals surface area contributed by atoms with Gasteiger partial charge in [0.15, 0.2) is 17.5 Å². The summed E-state index contributed by atoms with van der Waals surface area (Å²) in [5.41, 5.74) is 4.43. The number of benzene rings is 9. The minimum absolute atomic E-state index is 0.000000000000000444. The molecule has 2 aliphatic rings. The van der Waals surface area contributed by atoms with E-state index in [4.69, 9.17) is 115 Å². The maximum absolute atomic E-state index is 9.01. The lowest BCUT2D eigenvalue weighted by atomic mass is 9.75. The molecule has 0 spiro atoms. The molecule has 0 aliphatic carbocycles. The standard InChI is InChI=1S/C24H13ClN4.C20H21BO2.C13H16BNO2.C9H4Cl3N3.C3Cl3N3/c25-24-28-22(16-11-9-15(14-26)10-12-16)27-23(29-24)21-13-17-5-1-2-6-18(17)19-7-3-4-8-20(19)21;1-19(2)20(3,4)23-21(22-19)18-13-14-9-5-6-10-15(14)16-11-7-8-12-17(16)18;1-12(2)13(3,4)17-14(16-12)11-7-5-10(9-15)6-8-11;10-6-3-1-5(2-4-6)7-13-8(11)15-9(12)14-7;4-1-7-2(5)9-3(6)8-1/h1-13H;5-13H,1-4H3;5-8H,1-4H3;1-4H;. The van der Waals surface area contributed by atoms with E-state index in [1.165, 1.54) is 26.9 Å². The van der Waals surface area contributed by atoms with Gasteiger partial charge in [-0.05, 0) is 246 Å². The molecule has 2 aliphatic heterocycles. The van der Waals surface area contributed by atoms with Crippen molar-refractivity contribution in [3.05, 3.63) is 230 Å². The lowest BCUT2D eigenvalue weighted by Crippen LogP contribution is -2.41. The quantitative estimate of drug-likeness (QED) is 0.116. The number of nitrogens with zero attached hydrogens (tertiary/aromatic N) is 11. The van der Waals surface area contributed by atoms with Gasteiger partial charge in [-0.1, -0.05) is 127 Å². The first kappa shape index (κ1) is 67.9. The van der Waals surface area contributed by atoms with E-state index in [1.54, 1.807) is 48.5 Å². The van der Waals surface area contributed by atoms with Crippen molar-refractivity contribution in [3.8, 4) is 46.3 Å². The largest absolute Gasteiger partial charge is 0.495 e. The molecule has 14 rings (SSSR count). The van der Waals surface area contributed by atoms with Crippen molar-refractivity contribution in [2.75, 3.05) is 0 Å². The molecule has 9 aromatic carbocycles. The van der Waals surface area contributed by atoms with Gasteiger partial charge >= 0.3 is 14.2 Å². The van der Waals surface area contributed by atoms with Gasteiger partial charge in [-0.3, -0.25) is 0 Å². The second kappa shape index (κ2) is 28.7. The van der Waals surface area contributed by atoms with Gasteiger partial charge in [-0.25, -0.2) is 4.98 Å². The monoisotopic (exact) mass is 1370 g/mol. The summed E-state index contributed by atoms with van der Waals surface area (Å²) in [6.45, 7) is 16.5. The highest BCUT2D eigenvalue weighted by Gasteiger charge is 2.53. The molecular weight excluding hydrogens is 1320 g/mol. The summed E-state index contributed by atoms with van der Waals surface area (Å²) in [7, 11) is -0.692. The molecule has 0 amide bonds. The number of halogens is 7. The van der Waals surface area contributed by atoms with Crippen LogP contribution < -0.4 is 10.9 Å². The lowest BCUT2D eigenvalue weighted by molar-refractivity contribution is 0.00578. The highest BCUT2D eigenvalue weighted by atomic mass is 35.5. The zero-order chi connectivity index (χ0) is 66.4. The van der Waals surface area contributed by atoms with Gasteiger partial charge in [0.1, 0.15) is 0 Å². The summed E-state index contributed by atoms with van der Waals surface area (Å²) in [5, 5.41) is 28.1. The SMILES string of the molecule is CC1(C)OB(c2cc3ccccc3c3ccccc23)OC1(C)C.CC1(C)OB(c2ccc(C#N)cc2)OC1(C)C.Clc1ccc(-c2nc(Cl)nc(Cl)n2)cc1.Clc1nc(Cl)nc(Cl)n1.N#Cc1ccc(-c2nc(Cl)nc(-c3cc4ccccc4c4ccccc34)n2)cc1. The van der Waals surface area contributed by atoms with E-state index in [9.17, 15) is 0 Å². The van der Waals surface area contributed by atoms with Crippen molar-refractivity contribution < 1.29 is 18.6 Å². The molecule has 24 heteroatoms. The van der Waals surface area contributed by atoms with Crippen LogP contribution in [0.1, 0.15) is 66.5 Å². The summed E-state index contributed by atoms with van der Waals surface area (Å²) < 4.78 is 24.4. The Hall–Kier alpha value is -7.97. The molecule has 3 aromatic heterocycles. The van der Waals surface area contributed by atoms with Crippen LogP contribution in [0.5, 0.6) is 0 Å². The molecule has 0 unspecified atom stereocenters. The third kappa shape index (κ3) is 16.0. The lowest BCUT2D eigenvalue weighted by Gasteiger charge is -2.32. The Bertz CT molecular complexity index is 4710. The van der Waals surface area contributed by atoms with Gasteiger partial charge in [-0.15, -0.1) is 0 Å². The maximum Gasteiger partial charge on any atom is 0.495 e. The average Bonchev–Trinajstić information content (AvgIpc) is 1.57. The first-order chi connectivity index (χ1) is 44.3. The molecule has 15 nitrogen and oxygen atoms in total. The van der Waals surface area contributed by atoms with Crippen LogP contribution >= 0.6 is 81.2 Å². The number of fused-ring (bicyclic) bond motifs is 6. The predicted molar refractivity (Wildman–Crippen MR) is 375 cm³/mol. The van der Waals surface area contributed by atoms with Crippen molar-refractivity contribution in [3.63, 3.8) is 0 Å². The molecule has 2 fully saturated rings. The Labute approximate surface area is 573 Å². The first-order valence-corrected chi connectivity index (χ1v) is 31.5. The topological polar surface area (TPSA) is 201 Å². The molecule has 0 saturated carbocycles. The maximum atomic E-state index is 9.01. The van der Waals surface area contributed by atoms with E-state index in [1.807, 2.05) is 76.2 Å². The van der Waals surface area contributed by atoms with Gasteiger partial charge in [0, 0.05) is 21.7 Å². The molecular formula is C69H54B2Cl7N11O4. The van der Waals surface area contributed by atoms with E-state index in [0.29, 0.717) is 33.6 Å². The van der Waals surface area contributed by atoms with Crippen LogP contribution in [0.25, 0.3) is 77.3 Å². The Balaban J connectivity index is 0.000000133. The summed E-state index contributed by atoms with van der Waals surface area (Å²) >= 11 is 39.3. The molecule has 93 heavy (non-hydrogen) atoms. The second-order valence-corrected chi connectivity index (χ2v) is 25.6. The minimum Gasteiger partial charge on any atom is -0.399 e. The predicted octanol–water partition coefficient (Wildman–Crippen LogP) is 17.5. The fourth-order valence-electron chi connectivity index (χ4n) is 9.83. The number of hydrogen-bond acceptors (Lipinski definition) is 15. The highest BCUT2D eigenvalue weighted by Crippen LogP contribution is 2.39. The second-order valence-electron chi connectivity index (χ2n) is 23.1. The number of hydrogen-bond donors (Lipinski definition) is 0. The number of aromatic nitrogens is 9. The zero-order valence-corrected chi connectivity index (χ0v) is 56.5. The Kier molecular flexibility index (Phi) is 21.0. The van der Waals surface area contributed by atoms with Crippen LogP contribution in [0.15, 0.2) is 182 Å². The van der Waals surface area contributed by atoms with Crippen LogP contribution in [0, 0.1) is 22.7 Å². The third-order valence-electron chi connectivity index (χ3n) is 16.0. The highest BCUT2D eigenvalue weighted by molar-refractivity contribution is 6.66. The van der Waals surface area contributed by atoms with Gasteiger partial charge in [-0.2, -0.15) is 50.4 Å². The van der Waals surface area contributed by atoms with Gasteiger partial charge in [0.2, 0.25) is 31.7 Å². The zero-order valence-electron chi connectivity index (χ0n) is 51.2. The molecule has 2 saturated heterocycles. The minimum atomic E-state index is -0.354. The molecule has 0 atom stereocenters. The van der Waals surface area contributed by atoms with Crippen LogP contribution in [-0.2, 0) is 18.6 Å². The van der Waals surface area contributed by atoms with Gasteiger partial charge < -0.3 is 18.6 Å². The number of nitriles is 2. The summed E-state index contributed by atoms with van der Waals surface area (Å²) in [6, 6.07) is 63.4. The van der Waals surface area contributed by atoms with E-state index in [0.717, 1.165) is 43.8 Å². The third-order valence-corrected chi connectivity index (χ3v) is 17.3. The van der Waals surface area contributed by atoms with Crippen molar-refractivity contribution in [1.82, 2.24) is 44.9 Å². The van der Waals surface area contributed by atoms with Crippen molar-refractivity contribution in [2.45, 2.75) is 77.8 Å². The van der Waals surface area contributed by atoms with Gasteiger partial charge in [0.25, 0.3) is 0 Å². The summed E-state index contributed by atoms with van der Waals surface area (Å²) in [4.78, 5) is 35.3. The van der Waals surface area contributed by atoms with Crippen LogP contribution in [0.3, 0.4) is 0 Å². The Morgan fingerprint density at radius 3 is 1.13 bits per heavy atom. The molecule has 0 bridgehead atoms. The van der Waals surface area contributed by atoms with Crippen molar-refractivity contribution in [1.29, 1.82) is 10.5 Å². The molecule has 5 heterocycles. The van der Waals surface area contributed by atoms with Crippen LogP contribution in [-0.4, -0.2) is 81.5 Å². The molecule has 0 radical (unpaired) electrons. The normalized spacial score (nSPS) is 14.7. The fraction of sp³-hybridized carbons (Fsp3) is 0.174. The van der Waals surface area contributed by atoms with Gasteiger partial charge in [0.05, 0.1) is 45.7 Å². The fourth-order valence-corrected chi connectivity index (χ4v) is 11.1. The number of rotatable bonds is 5. The van der Waals surface area contributed by atoms with Crippen molar-refractivity contribution in [2.24, 2.45) is 0 Å². The summed E-state index contributed by atoms with van der Waals surface area (Å²) in [6.07, 6.45) is 0. The Morgan fingerprint density at radius 2 is 0.667 bits per heavy atom. The molecule has 12 aromatic rings.